The topological polar surface area (TPSA) is 411 Å². The van der Waals surface area contributed by atoms with Gasteiger partial charge in [-0.1, -0.05) is 48.5 Å². The minimum atomic E-state index is -1.61. The van der Waals surface area contributed by atoms with E-state index in [0.717, 1.165) is 10.9 Å². The van der Waals surface area contributed by atoms with Crippen LogP contribution in [-0.2, 0) is 60.8 Å². The summed E-state index contributed by atoms with van der Waals surface area (Å²) in [5.74, 6) is -8.16. The first-order chi connectivity index (χ1) is 33.9. The van der Waals surface area contributed by atoms with Crippen LogP contribution in [0.5, 0.6) is 0 Å². The second-order valence-corrected chi connectivity index (χ2v) is 16.8. The number of aromatic nitrogens is 1. The molecule has 4 unspecified atom stereocenters. The molecule has 0 aliphatic carbocycles. The Morgan fingerprint density at radius 2 is 1.32 bits per heavy atom. The van der Waals surface area contributed by atoms with Crippen molar-refractivity contribution >= 4 is 75.9 Å². The molecule has 25 nitrogen and oxygen atoms in total. The summed E-state index contributed by atoms with van der Waals surface area (Å²) in [6.45, 7) is 0.0897. The lowest BCUT2D eigenvalue weighted by atomic mass is 10.0. The highest BCUT2D eigenvalue weighted by Gasteiger charge is 2.34. The molecule has 0 spiro atoms. The molecule has 2 aromatic carbocycles. The number of fused-ring (bicyclic) bond motifs is 1. The molecule has 1 fully saturated rings. The first-order valence-electron chi connectivity index (χ1n) is 23.2. The van der Waals surface area contributed by atoms with Gasteiger partial charge in [0.1, 0.15) is 36.3 Å². The molecule has 18 N–H and O–H groups in total. The van der Waals surface area contributed by atoms with Gasteiger partial charge in [0.15, 0.2) is 5.96 Å². The quantitative estimate of drug-likeness (QED) is 0.0368. The number of H-pyrrole nitrogens is 1. The fraction of sp³-hybridized carbons (Fsp3) is 0.457. The smallest absolute Gasteiger partial charge is 0.243 e. The van der Waals surface area contributed by atoms with E-state index >= 15 is 0 Å². The fourth-order valence-electron chi connectivity index (χ4n) is 7.52. The van der Waals surface area contributed by atoms with Gasteiger partial charge in [-0.2, -0.15) is 0 Å². The number of nitrogens with one attached hydrogen (secondary N) is 10. The molecule has 10 amide bonds. The van der Waals surface area contributed by atoms with Gasteiger partial charge in [0.05, 0.1) is 19.5 Å². The third-order valence-electron chi connectivity index (χ3n) is 11.2. The number of aliphatic imine (C=N–C) groups is 1. The number of primary amides is 1. The summed E-state index contributed by atoms with van der Waals surface area (Å²) < 4.78 is 0. The van der Waals surface area contributed by atoms with Crippen molar-refractivity contribution in [3.05, 3.63) is 71.9 Å². The van der Waals surface area contributed by atoms with Crippen LogP contribution in [-0.4, -0.2) is 139 Å². The number of rotatable bonds is 16. The van der Waals surface area contributed by atoms with Gasteiger partial charge < -0.3 is 75.8 Å². The summed E-state index contributed by atoms with van der Waals surface area (Å²) in [5, 5.41) is 23.9. The van der Waals surface area contributed by atoms with Crippen LogP contribution in [0.2, 0.25) is 0 Å². The summed E-state index contributed by atoms with van der Waals surface area (Å²) >= 11 is 0. The molecule has 4 rings (SSSR count). The maximum Gasteiger partial charge on any atom is 0.243 e. The van der Waals surface area contributed by atoms with E-state index in [-0.39, 0.29) is 83.5 Å². The van der Waals surface area contributed by atoms with Gasteiger partial charge >= 0.3 is 0 Å². The Morgan fingerprint density at radius 3 is 2.00 bits per heavy atom. The van der Waals surface area contributed by atoms with Gasteiger partial charge in [0, 0.05) is 56.5 Å². The second kappa shape index (κ2) is 28.4. The molecule has 0 saturated carbocycles. The molecular formula is C46H65N15O10. The van der Waals surface area contributed by atoms with E-state index in [4.69, 9.17) is 22.9 Å². The second-order valence-electron chi connectivity index (χ2n) is 16.8. The van der Waals surface area contributed by atoms with Crippen LogP contribution >= 0.6 is 0 Å². The summed E-state index contributed by atoms with van der Waals surface area (Å²) in [6.07, 6.45) is 1.15. The summed E-state index contributed by atoms with van der Waals surface area (Å²) in [4.78, 5) is 141. The number of aromatic amines is 1. The van der Waals surface area contributed by atoms with Crippen molar-refractivity contribution in [2.45, 2.75) is 101 Å². The van der Waals surface area contributed by atoms with Crippen LogP contribution < -0.4 is 70.8 Å². The molecule has 0 radical (unpaired) electrons. The Hall–Kier alpha value is -8.09. The number of nitrogens with two attached hydrogens (primary N) is 4. The Morgan fingerprint density at radius 1 is 0.704 bits per heavy atom. The largest absolute Gasteiger partial charge is 0.370 e. The summed E-state index contributed by atoms with van der Waals surface area (Å²) in [7, 11) is 0. The first-order valence-corrected chi connectivity index (χ1v) is 23.2. The van der Waals surface area contributed by atoms with Crippen LogP contribution in [0, 0.1) is 0 Å². The standard InChI is InChI=1S/C46H65N15O10/c1-26(62)54-25-39(65)56-36-22-37(63)51-17-8-7-14-31(40(48)66)57-44(70)35(21-28-24-55-30-13-6-5-12-29(28)30)61-41(67)32(15-9-18-53-46(49)50)58-43(69)34(20-27-10-3-2-4-11-27)60-42(68)33(59-45(36)71)16-19-52-38(64)23-47/h2-6,10-13,24,31-36,55H,7-9,14-23,25,47H2,1H3,(H2,48,66)(H,51,63)(H,52,64)(H,54,62)(H,56,65)(H,57,70)(H,58,69)(H,59,71)(H,60,68)(H,61,67)(H4,49,50,53)/t31?,32?,33-,34?,35-,36?/m0/s1. The van der Waals surface area contributed by atoms with Crippen molar-refractivity contribution in [3.63, 3.8) is 0 Å². The first kappa shape index (κ1) is 55.5. The lowest BCUT2D eigenvalue weighted by Crippen LogP contribution is -2.60. The number of carbonyl (C=O) groups is 10. The van der Waals surface area contributed by atoms with Gasteiger partial charge in [-0.05, 0) is 55.7 Å². The molecule has 1 aromatic heterocycles. The van der Waals surface area contributed by atoms with E-state index in [9.17, 15) is 47.9 Å². The van der Waals surface area contributed by atoms with Gasteiger partial charge in [-0.15, -0.1) is 0 Å². The van der Waals surface area contributed by atoms with Crippen molar-refractivity contribution in [3.8, 4) is 0 Å². The Balaban J connectivity index is 1.78. The van der Waals surface area contributed by atoms with Crippen LogP contribution in [0.4, 0.5) is 0 Å². The van der Waals surface area contributed by atoms with Crippen molar-refractivity contribution < 1.29 is 47.9 Å². The maximum atomic E-state index is 14.6. The highest BCUT2D eigenvalue weighted by Crippen LogP contribution is 2.20. The zero-order valence-corrected chi connectivity index (χ0v) is 39.5. The van der Waals surface area contributed by atoms with E-state index in [1.54, 1.807) is 42.6 Å². The van der Waals surface area contributed by atoms with E-state index < -0.39 is 108 Å². The highest BCUT2D eigenvalue weighted by atomic mass is 16.2. The van der Waals surface area contributed by atoms with E-state index in [1.807, 2.05) is 18.2 Å². The van der Waals surface area contributed by atoms with Gasteiger partial charge in [0.2, 0.25) is 59.1 Å². The number of benzene rings is 2. The molecule has 3 aromatic rings. The predicted molar refractivity (Wildman–Crippen MR) is 260 cm³/mol. The third kappa shape index (κ3) is 19.1. The zero-order chi connectivity index (χ0) is 51.9. The van der Waals surface area contributed by atoms with E-state index in [2.05, 4.69) is 57.8 Å². The Bertz CT molecular complexity index is 2390. The number of hydrogen-bond acceptors (Lipinski definition) is 12. The molecule has 6 atom stereocenters. The molecule has 2 heterocycles. The zero-order valence-electron chi connectivity index (χ0n) is 39.5. The minimum Gasteiger partial charge on any atom is -0.370 e. The molecular weight excluding hydrogens is 923 g/mol. The summed E-state index contributed by atoms with van der Waals surface area (Å²) in [6, 6.07) is 7.29. The summed E-state index contributed by atoms with van der Waals surface area (Å²) in [5.41, 5.74) is 24.3. The normalized spacial score (nSPS) is 21.2. The van der Waals surface area contributed by atoms with Crippen LogP contribution in [0.15, 0.2) is 65.8 Å². The van der Waals surface area contributed by atoms with Crippen molar-refractivity contribution in [1.29, 1.82) is 0 Å². The lowest BCUT2D eigenvalue weighted by Gasteiger charge is -2.28. The molecule has 25 heteroatoms. The maximum absolute atomic E-state index is 14.6. The van der Waals surface area contributed by atoms with Gasteiger partial charge in [-0.3, -0.25) is 52.9 Å². The minimum absolute atomic E-state index is 0.0198. The van der Waals surface area contributed by atoms with Crippen molar-refractivity contribution in [2.75, 3.05) is 32.7 Å². The number of guanidine groups is 1. The average molecular weight is 988 g/mol. The number of para-hydroxylation sites is 1. The van der Waals surface area contributed by atoms with Gasteiger partial charge in [0.25, 0.3) is 0 Å². The van der Waals surface area contributed by atoms with Gasteiger partial charge in [-0.25, -0.2) is 0 Å². The van der Waals surface area contributed by atoms with Crippen LogP contribution in [0.3, 0.4) is 0 Å². The molecule has 71 heavy (non-hydrogen) atoms. The third-order valence-corrected chi connectivity index (χ3v) is 11.2. The molecule has 0 bridgehead atoms. The van der Waals surface area contributed by atoms with Crippen LogP contribution in [0.1, 0.15) is 63.0 Å². The number of nitrogens with zero attached hydrogens (tertiary/aromatic N) is 1. The number of carbonyl (C=O) groups excluding carboxylic acids is 10. The molecule has 1 saturated heterocycles. The number of hydrogen-bond donors (Lipinski definition) is 14. The number of amides is 10. The Kier molecular flexibility index (Phi) is 22.2. The Labute approximate surface area is 409 Å². The molecule has 1 aliphatic rings. The van der Waals surface area contributed by atoms with Crippen molar-refractivity contribution in [2.24, 2.45) is 27.9 Å². The molecule has 1 aliphatic heterocycles. The molecule has 384 valence electrons. The van der Waals surface area contributed by atoms with Crippen LogP contribution in [0.25, 0.3) is 10.9 Å². The predicted octanol–water partition coefficient (Wildman–Crippen LogP) is -4.31. The fourth-order valence-corrected chi connectivity index (χ4v) is 7.52. The SMILES string of the molecule is CC(=O)NCC(=O)NC1CC(=O)NCCCCC(C(N)=O)NC(=O)[C@H](Cc2c[nH]c3ccccc23)NC(=O)C(CCCN=C(N)N)NC(=O)C(Cc2ccccc2)NC(=O)[C@H](CCNC(=O)CN)NC1=O. The monoisotopic (exact) mass is 988 g/mol. The highest BCUT2D eigenvalue weighted by molar-refractivity contribution is 5.98. The average Bonchev–Trinajstić information content (AvgIpc) is 3.74. The van der Waals surface area contributed by atoms with E-state index in [0.29, 0.717) is 11.1 Å². The lowest BCUT2D eigenvalue weighted by molar-refractivity contribution is -0.136. The van der Waals surface area contributed by atoms with E-state index in [1.165, 1.54) is 6.92 Å². The van der Waals surface area contributed by atoms with Crippen molar-refractivity contribution in [1.82, 2.24) is 52.8 Å².